The fourth-order valence-corrected chi connectivity index (χ4v) is 1.21. The number of hydrogen-bond donors (Lipinski definition) is 2. The monoisotopic (exact) mass is 201 g/mol. The average molecular weight is 201 g/mol. The van der Waals surface area contributed by atoms with Crippen molar-refractivity contribution in [3.63, 3.8) is 0 Å². The Morgan fingerprint density at radius 2 is 1.93 bits per heavy atom. The Labute approximate surface area is 81.6 Å². The van der Waals surface area contributed by atoms with Crippen LogP contribution in [0.3, 0.4) is 0 Å². The minimum Gasteiger partial charge on any atom is -0.387 e. The maximum Gasteiger partial charge on any atom is 0.131 e. The topological polar surface area (TPSA) is 32.3 Å². The maximum atomic E-state index is 13.1. The Balaban J connectivity index is 2.82. The number of benzene rings is 1. The molecule has 0 heterocycles. The van der Waals surface area contributed by atoms with Crippen LogP contribution < -0.4 is 5.32 Å². The summed E-state index contributed by atoms with van der Waals surface area (Å²) in [5, 5.41) is 12.3. The van der Waals surface area contributed by atoms with Gasteiger partial charge in [0, 0.05) is 6.54 Å². The van der Waals surface area contributed by atoms with Crippen molar-refractivity contribution in [3.8, 4) is 0 Å². The zero-order valence-electron chi connectivity index (χ0n) is 7.93. The van der Waals surface area contributed by atoms with Gasteiger partial charge in [0.15, 0.2) is 0 Å². The first-order valence-electron chi connectivity index (χ1n) is 4.49. The molecule has 78 valence electrons. The van der Waals surface area contributed by atoms with Crippen LogP contribution in [0.1, 0.15) is 18.6 Å². The molecule has 2 nitrogen and oxygen atoms in total. The van der Waals surface area contributed by atoms with Crippen molar-refractivity contribution in [2.75, 3.05) is 13.1 Å². The molecule has 0 radical (unpaired) electrons. The van der Waals surface area contributed by atoms with Gasteiger partial charge in [-0.25, -0.2) is 8.78 Å². The third-order valence-electron chi connectivity index (χ3n) is 1.92. The van der Waals surface area contributed by atoms with Crippen molar-refractivity contribution in [3.05, 3.63) is 35.4 Å². The van der Waals surface area contributed by atoms with Crippen molar-refractivity contribution in [2.24, 2.45) is 0 Å². The molecule has 0 fully saturated rings. The lowest BCUT2D eigenvalue weighted by atomic mass is 10.1. The Kier molecular flexibility index (Phi) is 3.98. The van der Waals surface area contributed by atoms with Crippen LogP contribution in [0.4, 0.5) is 8.78 Å². The summed E-state index contributed by atoms with van der Waals surface area (Å²) in [5.41, 5.74) is -0.270. The van der Waals surface area contributed by atoms with Crippen molar-refractivity contribution in [1.82, 2.24) is 5.32 Å². The number of aliphatic hydroxyl groups excluding tert-OH is 1. The Hall–Kier alpha value is -1.00. The van der Waals surface area contributed by atoms with Crippen LogP contribution in [0.25, 0.3) is 0 Å². The second-order valence-electron chi connectivity index (χ2n) is 2.96. The van der Waals surface area contributed by atoms with E-state index in [1.54, 1.807) is 0 Å². The smallest absolute Gasteiger partial charge is 0.131 e. The van der Waals surface area contributed by atoms with Gasteiger partial charge in [-0.1, -0.05) is 13.0 Å². The number of halogens is 2. The number of rotatable bonds is 4. The predicted molar refractivity (Wildman–Crippen MR) is 49.9 cm³/mol. The molecule has 14 heavy (non-hydrogen) atoms. The SMILES string of the molecule is CCNCC(O)c1c(F)cccc1F. The first-order valence-corrected chi connectivity index (χ1v) is 4.49. The molecule has 0 amide bonds. The molecule has 0 aliphatic carbocycles. The molecule has 0 aromatic heterocycles. The van der Waals surface area contributed by atoms with Crippen LogP contribution in [0.15, 0.2) is 18.2 Å². The highest BCUT2D eigenvalue weighted by Gasteiger charge is 2.16. The Morgan fingerprint density at radius 3 is 2.43 bits per heavy atom. The average Bonchev–Trinajstić information content (AvgIpc) is 2.14. The van der Waals surface area contributed by atoms with E-state index < -0.39 is 17.7 Å². The summed E-state index contributed by atoms with van der Waals surface area (Å²) in [5.74, 6) is -1.43. The summed E-state index contributed by atoms with van der Waals surface area (Å²) in [6.45, 7) is 2.64. The van der Waals surface area contributed by atoms with E-state index in [0.717, 1.165) is 12.1 Å². The van der Waals surface area contributed by atoms with E-state index in [-0.39, 0.29) is 12.1 Å². The summed E-state index contributed by atoms with van der Waals surface area (Å²) in [4.78, 5) is 0. The van der Waals surface area contributed by atoms with Crippen molar-refractivity contribution in [1.29, 1.82) is 0 Å². The molecule has 1 rings (SSSR count). The third-order valence-corrected chi connectivity index (χ3v) is 1.92. The summed E-state index contributed by atoms with van der Waals surface area (Å²) in [6, 6.07) is 3.54. The first kappa shape index (κ1) is 11.1. The predicted octanol–water partition coefficient (Wildman–Crippen LogP) is 1.61. The lowest BCUT2D eigenvalue weighted by Crippen LogP contribution is -2.22. The fourth-order valence-electron chi connectivity index (χ4n) is 1.21. The lowest BCUT2D eigenvalue weighted by molar-refractivity contribution is 0.166. The van der Waals surface area contributed by atoms with E-state index in [2.05, 4.69) is 5.32 Å². The van der Waals surface area contributed by atoms with Gasteiger partial charge in [0.2, 0.25) is 0 Å². The summed E-state index contributed by atoms with van der Waals surface area (Å²) >= 11 is 0. The zero-order valence-corrected chi connectivity index (χ0v) is 7.93. The van der Waals surface area contributed by atoms with Gasteiger partial charge in [0.05, 0.1) is 11.7 Å². The largest absolute Gasteiger partial charge is 0.387 e. The van der Waals surface area contributed by atoms with Crippen LogP contribution in [0.2, 0.25) is 0 Å². The second-order valence-corrected chi connectivity index (χ2v) is 2.96. The molecule has 1 aromatic carbocycles. The van der Waals surface area contributed by atoms with Gasteiger partial charge in [-0.3, -0.25) is 0 Å². The highest BCUT2D eigenvalue weighted by atomic mass is 19.1. The molecule has 0 spiro atoms. The highest BCUT2D eigenvalue weighted by Crippen LogP contribution is 2.19. The standard InChI is InChI=1S/C10H13F2NO/c1-2-13-6-9(14)10-7(11)4-3-5-8(10)12/h3-5,9,13-14H,2,6H2,1H3. The van der Waals surface area contributed by atoms with Crippen LogP contribution in [0.5, 0.6) is 0 Å². The number of hydrogen-bond acceptors (Lipinski definition) is 2. The van der Waals surface area contributed by atoms with Gasteiger partial charge in [-0.05, 0) is 18.7 Å². The van der Waals surface area contributed by atoms with E-state index >= 15 is 0 Å². The number of likely N-dealkylation sites (N-methyl/N-ethyl adjacent to an activating group) is 1. The van der Waals surface area contributed by atoms with E-state index in [1.165, 1.54) is 6.07 Å². The first-order chi connectivity index (χ1) is 6.66. The quantitative estimate of drug-likeness (QED) is 0.775. The fraction of sp³-hybridized carbons (Fsp3) is 0.400. The normalized spacial score (nSPS) is 12.9. The lowest BCUT2D eigenvalue weighted by Gasteiger charge is -2.12. The van der Waals surface area contributed by atoms with Crippen molar-refractivity contribution < 1.29 is 13.9 Å². The van der Waals surface area contributed by atoms with Crippen LogP contribution in [-0.2, 0) is 0 Å². The third kappa shape index (κ3) is 2.49. The molecule has 0 saturated carbocycles. The minimum atomic E-state index is -1.14. The molecule has 1 aromatic rings. The van der Waals surface area contributed by atoms with E-state index in [0.29, 0.717) is 6.54 Å². The molecule has 0 bridgehead atoms. The summed E-state index contributed by atoms with van der Waals surface area (Å²) < 4.78 is 26.2. The molecule has 1 atom stereocenters. The minimum absolute atomic E-state index is 0.147. The van der Waals surface area contributed by atoms with Crippen LogP contribution >= 0.6 is 0 Å². The molecular formula is C10H13F2NO. The second kappa shape index (κ2) is 5.02. The Bertz CT molecular complexity index is 284. The van der Waals surface area contributed by atoms with Crippen LogP contribution in [-0.4, -0.2) is 18.2 Å². The summed E-state index contributed by atoms with van der Waals surface area (Å²) in [6.07, 6.45) is -1.14. The van der Waals surface area contributed by atoms with E-state index in [1.807, 2.05) is 6.92 Å². The van der Waals surface area contributed by atoms with Gasteiger partial charge < -0.3 is 10.4 Å². The van der Waals surface area contributed by atoms with Crippen LogP contribution in [0, 0.1) is 11.6 Å². The van der Waals surface area contributed by atoms with E-state index in [9.17, 15) is 13.9 Å². The Morgan fingerprint density at radius 1 is 1.36 bits per heavy atom. The van der Waals surface area contributed by atoms with Gasteiger partial charge in [0.1, 0.15) is 11.6 Å². The number of nitrogens with one attached hydrogen (secondary N) is 1. The van der Waals surface area contributed by atoms with Gasteiger partial charge >= 0.3 is 0 Å². The van der Waals surface area contributed by atoms with Crippen molar-refractivity contribution in [2.45, 2.75) is 13.0 Å². The zero-order chi connectivity index (χ0) is 10.6. The molecule has 0 saturated heterocycles. The molecule has 0 aliphatic heterocycles. The molecule has 0 aliphatic rings. The van der Waals surface area contributed by atoms with Crippen molar-refractivity contribution >= 4 is 0 Å². The number of aliphatic hydroxyl groups is 1. The van der Waals surface area contributed by atoms with Gasteiger partial charge in [-0.15, -0.1) is 0 Å². The van der Waals surface area contributed by atoms with Gasteiger partial charge in [-0.2, -0.15) is 0 Å². The molecule has 4 heteroatoms. The molecular weight excluding hydrogens is 188 g/mol. The maximum absolute atomic E-state index is 13.1. The summed E-state index contributed by atoms with van der Waals surface area (Å²) in [7, 11) is 0. The highest BCUT2D eigenvalue weighted by molar-refractivity contribution is 5.22. The molecule has 1 unspecified atom stereocenters. The van der Waals surface area contributed by atoms with Gasteiger partial charge in [0.25, 0.3) is 0 Å². The van der Waals surface area contributed by atoms with E-state index in [4.69, 9.17) is 0 Å². The molecule has 2 N–H and O–H groups in total.